The lowest BCUT2D eigenvalue weighted by Crippen LogP contribution is -2.32. The zero-order valence-electron chi connectivity index (χ0n) is 31.9. The molecule has 276 valence electrons. The highest BCUT2D eigenvalue weighted by Crippen LogP contribution is 2.27. The Kier molecular flexibility index (Phi) is 22.2. The van der Waals surface area contributed by atoms with Crippen LogP contribution in [-0.2, 0) is 9.53 Å². The third-order valence-corrected chi connectivity index (χ3v) is 10.4. The molecule has 0 radical (unpaired) electrons. The van der Waals surface area contributed by atoms with Gasteiger partial charge in [0.2, 0.25) is 0 Å². The van der Waals surface area contributed by atoms with Crippen LogP contribution in [0.15, 0.2) is 59.8 Å². The minimum atomic E-state index is -0.620. The molecule has 11 atom stereocenters. The molecule has 1 aliphatic heterocycles. The molecule has 0 amide bonds. The predicted octanol–water partition coefficient (Wildman–Crippen LogP) is 9.04. The number of rotatable bonds is 10. The van der Waals surface area contributed by atoms with E-state index in [9.17, 15) is 25.2 Å². The molecule has 0 saturated carbocycles. The molecule has 0 bridgehead atoms. The van der Waals surface area contributed by atoms with Crippen LogP contribution < -0.4 is 0 Å². The van der Waals surface area contributed by atoms with Crippen LogP contribution in [0.5, 0.6) is 0 Å². The lowest BCUT2D eigenvalue weighted by Gasteiger charge is -2.29. The van der Waals surface area contributed by atoms with Gasteiger partial charge in [0.25, 0.3) is 0 Å². The Morgan fingerprint density at radius 1 is 1.04 bits per heavy atom. The van der Waals surface area contributed by atoms with E-state index in [1.807, 2.05) is 26.0 Å². The molecule has 48 heavy (non-hydrogen) atoms. The summed E-state index contributed by atoms with van der Waals surface area (Å²) in [5.74, 6) is 0.429. The average molecular weight is 673 g/mol. The van der Waals surface area contributed by atoms with Crippen LogP contribution in [0.3, 0.4) is 0 Å². The van der Waals surface area contributed by atoms with E-state index in [-0.39, 0.29) is 23.7 Å². The summed E-state index contributed by atoms with van der Waals surface area (Å²) in [6.45, 7) is 18.6. The molecule has 0 aromatic carbocycles. The van der Waals surface area contributed by atoms with E-state index in [2.05, 4.69) is 72.8 Å². The van der Waals surface area contributed by atoms with Crippen LogP contribution in [0.2, 0.25) is 0 Å². The minimum absolute atomic E-state index is 0.0524. The number of hydrogen-bond acceptors (Lipinski definition) is 6. The number of cyclic esters (lactones) is 1. The number of aliphatic hydroxyl groups is 4. The third-order valence-electron chi connectivity index (χ3n) is 10.4. The van der Waals surface area contributed by atoms with Crippen LogP contribution >= 0.6 is 0 Å². The van der Waals surface area contributed by atoms with Crippen molar-refractivity contribution in [1.82, 2.24) is 0 Å². The zero-order valence-corrected chi connectivity index (χ0v) is 31.9. The van der Waals surface area contributed by atoms with E-state index in [0.29, 0.717) is 37.5 Å². The first-order valence-electron chi connectivity index (χ1n) is 18.9. The molecule has 6 heteroatoms. The average Bonchev–Trinajstić information content (AvgIpc) is 3.05. The quantitative estimate of drug-likeness (QED) is 0.105. The Labute approximate surface area is 294 Å². The maximum absolute atomic E-state index is 13.0. The van der Waals surface area contributed by atoms with Gasteiger partial charge in [-0.15, -0.1) is 0 Å². The van der Waals surface area contributed by atoms with Crippen LogP contribution in [0.1, 0.15) is 133 Å². The summed E-state index contributed by atoms with van der Waals surface area (Å²) in [6, 6.07) is 0. The van der Waals surface area contributed by atoms with Gasteiger partial charge in [0.05, 0.1) is 24.4 Å². The van der Waals surface area contributed by atoms with Gasteiger partial charge >= 0.3 is 5.97 Å². The number of allylic oxidation sites excluding steroid dienone is 6. The number of esters is 1. The fourth-order valence-electron chi connectivity index (χ4n) is 6.14. The van der Waals surface area contributed by atoms with Gasteiger partial charge in [0.1, 0.15) is 6.10 Å². The molecule has 0 unspecified atom stereocenters. The van der Waals surface area contributed by atoms with Crippen molar-refractivity contribution in [3.8, 4) is 0 Å². The topological polar surface area (TPSA) is 107 Å². The largest absolute Gasteiger partial charge is 0.459 e. The normalized spacial score (nSPS) is 33.3. The fraction of sp³-hybridized carbons (Fsp3) is 0.738. The summed E-state index contributed by atoms with van der Waals surface area (Å²) in [7, 11) is 0. The molecular weight excluding hydrogens is 600 g/mol. The van der Waals surface area contributed by atoms with Crippen molar-refractivity contribution in [3.05, 3.63) is 59.8 Å². The van der Waals surface area contributed by atoms with Crippen molar-refractivity contribution in [1.29, 1.82) is 0 Å². The predicted molar refractivity (Wildman–Crippen MR) is 200 cm³/mol. The second kappa shape index (κ2) is 24.2. The van der Waals surface area contributed by atoms with Gasteiger partial charge in [-0.2, -0.15) is 0 Å². The van der Waals surface area contributed by atoms with Crippen LogP contribution in [0.4, 0.5) is 0 Å². The smallest absolute Gasteiger partial charge is 0.330 e. The highest BCUT2D eigenvalue weighted by Gasteiger charge is 2.28. The van der Waals surface area contributed by atoms with Crippen molar-refractivity contribution >= 4 is 5.97 Å². The van der Waals surface area contributed by atoms with E-state index in [0.717, 1.165) is 56.1 Å². The molecule has 0 fully saturated rings. The Morgan fingerprint density at radius 2 is 1.75 bits per heavy atom. The van der Waals surface area contributed by atoms with E-state index in [4.69, 9.17) is 4.74 Å². The van der Waals surface area contributed by atoms with Crippen LogP contribution in [0.25, 0.3) is 0 Å². The van der Waals surface area contributed by atoms with Crippen molar-refractivity contribution in [2.24, 2.45) is 35.5 Å². The van der Waals surface area contributed by atoms with Gasteiger partial charge in [-0.05, 0) is 107 Å². The number of aliphatic hydroxyl groups excluding tert-OH is 4. The van der Waals surface area contributed by atoms with Gasteiger partial charge in [-0.1, -0.05) is 103 Å². The molecule has 6 nitrogen and oxygen atoms in total. The Hall–Kier alpha value is -1.99. The maximum Gasteiger partial charge on any atom is 0.330 e. The second-order valence-electron chi connectivity index (χ2n) is 15.2. The molecule has 1 aliphatic rings. The molecule has 1 heterocycles. The van der Waals surface area contributed by atoms with Crippen LogP contribution in [0, 0.1) is 35.5 Å². The summed E-state index contributed by atoms with van der Waals surface area (Å²) in [5, 5.41) is 42.7. The monoisotopic (exact) mass is 673 g/mol. The molecular formula is C42H72O6. The van der Waals surface area contributed by atoms with Gasteiger partial charge in [0, 0.05) is 18.4 Å². The molecule has 0 aromatic heterocycles. The summed E-state index contributed by atoms with van der Waals surface area (Å²) < 4.78 is 6.03. The number of carbonyl (C=O) groups is 1. The number of hydrogen-bond donors (Lipinski definition) is 4. The Bertz CT molecular complexity index is 1040. The van der Waals surface area contributed by atoms with E-state index < -0.39 is 36.5 Å². The second-order valence-corrected chi connectivity index (χ2v) is 15.2. The van der Waals surface area contributed by atoms with Gasteiger partial charge in [-0.3, -0.25) is 0 Å². The van der Waals surface area contributed by atoms with E-state index in [1.54, 1.807) is 6.08 Å². The number of ether oxygens (including phenoxy) is 1. The fourth-order valence-corrected chi connectivity index (χ4v) is 6.14. The highest BCUT2D eigenvalue weighted by atomic mass is 16.5. The first-order chi connectivity index (χ1) is 22.6. The summed E-state index contributed by atoms with van der Waals surface area (Å²) in [4.78, 5) is 13.0. The first kappa shape index (κ1) is 44.0. The molecule has 0 aromatic rings. The van der Waals surface area contributed by atoms with E-state index in [1.165, 1.54) is 6.08 Å². The zero-order chi connectivity index (χ0) is 36.2. The SMILES string of the molecule is CC[C@@H](C)[C@@H](O)/C=C/C(C)=C/CC[C@@H](C)C[C@H](C)[C@H]1C[C@@H](O)[C@H](C)CC/C=C/[C@H](C)C/C=C(\C)[C@H](O)CCC[C@@H](O)[C@H](C)/C=C/C(=O)O1. The van der Waals surface area contributed by atoms with E-state index >= 15 is 0 Å². The number of carbonyl (C=O) groups excluding carboxylic acids is 1. The Balaban J connectivity index is 2.99. The van der Waals surface area contributed by atoms with Gasteiger partial charge in [0.15, 0.2) is 0 Å². The van der Waals surface area contributed by atoms with Gasteiger partial charge in [-0.25, -0.2) is 4.79 Å². The maximum atomic E-state index is 13.0. The van der Waals surface area contributed by atoms with Crippen molar-refractivity contribution in [2.45, 2.75) is 163 Å². The molecule has 4 N–H and O–H groups in total. The first-order valence-corrected chi connectivity index (χ1v) is 18.9. The molecule has 0 saturated heterocycles. The van der Waals surface area contributed by atoms with Crippen molar-refractivity contribution in [2.75, 3.05) is 0 Å². The standard InChI is InChI=1S/C42H72O6/c1-10-32(5)39(45)25-22-30(3)16-13-17-31(4)27-36(9)41-28-40(46)33(6)18-12-11-15-29(2)21-23-34(7)37(43)19-14-20-38(44)35(8)24-26-42(47)48-41/h11,15-16,22-26,29,31-33,35-41,43-46H,10,12-14,17-21,27-28H2,1-9H3/b15-11+,25-22+,26-24+,30-16+,34-23+/t29-,31+,32+,33+,35+,36-,37+,38+,39-,40+,41+/m0/s1. The van der Waals surface area contributed by atoms with Crippen LogP contribution in [-0.4, -0.2) is 56.9 Å². The third kappa shape index (κ3) is 18.7. The summed E-state index contributed by atoms with van der Waals surface area (Å²) >= 11 is 0. The lowest BCUT2D eigenvalue weighted by atomic mass is 9.85. The molecule has 1 rings (SSSR count). The highest BCUT2D eigenvalue weighted by molar-refractivity contribution is 5.82. The summed E-state index contributed by atoms with van der Waals surface area (Å²) in [6.07, 6.45) is 21.7. The Morgan fingerprint density at radius 3 is 2.44 bits per heavy atom. The van der Waals surface area contributed by atoms with Gasteiger partial charge < -0.3 is 25.2 Å². The lowest BCUT2D eigenvalue weighted by molar-refractivity contribution is -0.148. The molecule has 0 spiro atoms. The van der Waals surface area contributed by atoms with Crippen molar-refractivity contribution < 1.29 is 30.0 Å². The van der Waals surface area contributed by atoms with Crippen molar-refractivity contribution in [3.63, 3.8) is 0 Å². The minimum Gasteiger partial charge on any atom is -0.459 e. The summed E-state index contributed by atoms with van der Waals surface area (Å²) in [5.41, 5.74) is 2.11. The molecule has 0 aliphatic carbocycles.